The number of carbonyl (C=O) groups is 2. The Morgan fingerprint density at radius 1 is 0.857 bits per heavy atom. The Bertz CT molecular complexity index is 1010. The highest BCUT2D eigenvalue weighted by atomic mass is 79.9. The maximum atomic E-state index is 13.8. The molecular weight excluding hydrogens is 427 g/mol. The van der Waals surface area contributed by atoms with Crippen molar-refractivity contribution in [2.45, 2.75) is 0 Å². The summed E-state index contributed by atoms with van der Waals surface area (Å²) < 4.78 is 19.5. The van der Waals surface area contributed by atoms with Gasteiger partial charge in [0.2, 0.25) is 0 Å². The molecule has 0 saturated heterocycles. The van der Waals surface area contributed by atoms with Crippen LogP contribution in [0.2, 0.25) is 0 Å². The first-order chi connectivity index (χ1) is 13.5. The maximum absolute atomic E-state index is 13.8. The van der Waals surface area contributed by atoms with Crippen molar-refractivity contribution in [3.8, 4) is 5.75 Å². The smallest absolute Gasteiger partial charge is 0.258 e. The van der Waals surface area contributed by atoms with Gasteiger partial charge in [0.05, 0.1) is 12.7 Å². The summed E-state index contributed by atoms with van der Waals surface area (Å²) in [5.41, 5.74) is 1.43. The average molecular weight is 443 g/mol. The zero-order valence-corrected chi connectivity index (χ0v) is 16.4. The van der Waals surface area contributed by atoms with Crippen LogP contribution < -0.4 is 15.4 Å². The molecule has 0 fully saturated rings. The van der Waals surface area contributed by atoms with Crippen LogP contribution >= 0.6 is 15.9 Å². The van der Waals surface area contributed by atoms with Gasteiger partial charge in [-0.2, -0.15) is 0 Å². The molecule has 7 heteroatoms. The van der Waals surface area contributed by atoms with E-state index in [9.17, 15) is 14.0 Å². The minimum Gasteiger partial charge on any atom is -0.497 e. The molecule has 2 N–H and O–H groups in total. The van der Waals surface area contributed by atoms with Crippen molar-refractivity contribution in [1.82, 2.24) is 0 Å². The van der Waals surface area contributed by atoms with E-state index in [0.29, 0.717) is 27.2 Å². The number of rotatable bonds is 5. The Morgan fingerprint density at radius 2 is 1.43 bits per heavy atom. The standard InChI is InChI=1S/C21H16BrFN2O3/c1-28-17-9-7-16(8-10-17)24-20(26)13-2-5-15(6-3-13)25-21(27)18-12-14(22)4-11-19(18)23/h2-12H,1H3,(H,24,26)(H,25,27). The number of carbonyl (C=O) groups excluding carboxylic acids is 2. The van der Waals surface area contributed by atoms with Crippen LogP contribution in [0.15, 0.2) is 71.2 Å². The highest BCUT2D eigenvalue weighted by molar-refractivity contribution is 9.10. The molecule has 0 aliphatic carbocycles. The highest BCUT2D eigenvalue weighted by Crippen LogP contribution is 2.19. The molecule has 0 bridgehead atoms. The van der Waals surface area contributed by atoms with Gasteiger partial charge in [-0.25, -0.2) is 4.39 Å². The largest absolute Gasteiger partial charge is 0.497 e. The molecule has 3 rings (SSSR count). The molecule has 0 aromatic heterocycles. The third-order valence-electron chi connectivity index (χ3n) is 3.93. The maximum Gasteiger partial charge on any atom is 0.258 e. The first kappa shape index (κ1) is 19.6. The van der Waals surface area contributed by atoms with Gasteiger partial charge in [0.1, 0.15) is 11.6 Å². The molecule has 0 atom stereocenters. The van der Waals surface area contributed by atoms with Crippen molar-refractivity contribution in [3.63, 3.8) is 0 Å². The fraction of sp³-hybridized carbons (Fsp3) is 0.0476. The van der Waals surface area contributed by atoms with Gasteiger partial charge in [0.15, 0.2) is 0 Å². The number of ether oxygens (including phenoxy) is 1. The monoisotopic (exact) mass is 442 g/mol. The number of halogens is 2. The first-order valence-corrected chi connectivity index (χ1v) is 9.07. The van der Waals surface area contributed by atoms with Crippen molar-refractivity contribution in [3.05, 3.63) is 88.1 Å². The summed E-state index contributed by atoms with van der Waals surface area (Å²) in [6, 6.07) is 17.4. The fourth-order valence-corrected chi connectivity index (χ4v) is 2.81. The van der Waals surface area contributed by atoms with Crippen LogP contribution in [0.25, 0.3) is 0 Å². The van der Waals surface area contributed by atoms with Gasteiger partial charge in [-0.05, 0) is 66.7 Å². The van der Waals surface area contributed by atoms with E-state index < -0.39 is 11.7 Å². The van der Waals surface area contributed by atoms with Gasteiger partial charge >= 0.3 is 0 Å². The van der Waals surface area contributed by atoms with E-state index in [1.54, 1.807) is 55.6 Å². The van der Waals surface area contributed by atoms with E-state index in [1.165, 1.54) is 18.2 Å². The van der Waals surface area contributed by atoms with E-state index in [1.807, 2.05) is 0 Å². The van der Waals surface area contributed by atoms with Gasteiger partial charge in [-0.3, -0.25) is 9.59 Å². The Morgan fingerprint density at radius 3 is 2.04 bits per heavy atom. The van der Waals surface area contributed by atoms with Gasteiger partial charge in [0, 0.05) is 21.4 Å². The molecule has 3 aromatic rings. The molecule has 0 aliphatic rings. The number of anilines is 2. The zero-order chi connectivity index (χ0) is 20.1. The van der Waals surface area contributed by atoms with Gasteiger partial charge in [-0.15, -0.1) is 0 Å². The molecule has 3 aromatic carbocycles. The predicted octanol–water partition coefficient (Wildman–Crippen LogP) is 5.10. The Labute approximate surface area is 169 Å². The third kappa shape index (κ3) is 4.75. The van der Waals surface area contributed by atoms with Crippen LogP contribution in [0.4, 0.5) is 15.8 Å². The number of nitrogens with one attached hydrogen (secondary N) is 2. The van der Waals surface area contributed by atoms with Crippen LogP contribution in [0.3, 0.4) is 0 Å². The summed E-state index contributed by atoms with van der Waals surface area (Å²) in [4.78, 5) is 24.6. The van der Waals surface area contributed by atoms with Gasteiger partial charge in [-0.1, -0.05) is 15.9 Å². The van der Waals surface area contributed by atoms with E-state index in [2.05, 4.69) is 26.6 Å². The minimum atomic E-state index is -0.615. The van der Waals surface area contributed by atoms with E-state index in [0.717, 1.165) is 0 Å². The lowest BCUT2D eigenvalue weighted by atomic mass is 10.1. The van der Waals surface area contributed by atoms with Crippen molar-refractivity contribution in [2.24, 2.45) is 0 Å². The Hall–Kier alpha value is -3.19. The second-order valence-electron chi connectivity index (χ2n) is 5.84. The van der Waals surface area contributed by atoms with E-state index in [-0.39, 0.29) is 11.5 Å². The van der Waals surface area contributed by atoms with E-state index in [4.69, 9.17) is 4.74 Å². The van der Waals surface area contributed by atoms with Gasteiger partial charge in [0.25, 0.3) is 11.8 Å². The normalized spacial score (nSPS) is 10.2. The van der Waals surface area contributed by atoms with Crippen LogP contribution in [0, 0.1) is 5.82 Å². The summed E-state index contributed by atoms with van der Waals surface area (Å²) in [7, 11) is 1.57. The Kier molecular flexibility index (Phi) is 6.06. The molecule has 0 aliphatic heterocycles. The molecule has 28 heavy (non-hydrogen) atoms. The quantitative estimate of drug-likeness (QED) is 0.577. The summed E-state index contributed by atoms with van der Waals surface area (Å²) in [5.74, 6) is -0.786. The van der Waals surface area contributed by atoms with Crippen molar-refractivity contribution in [1.29, 1.82) is 0 Å². The molecule has 0 heterocycles. The van der Waals surface area contributed by atoms with Crippen LogP contribution in [-0.4, -0.2) is 18.9 Å². The van der Waals surface area contributed by atoms with Crippen LogP contribution in [0.5, 0.6) is 5.75 Å². The second-order valence-corrected chi connectivity index (χ2v) is 6.75. The molecule has 0 spiro atoms. The number of amides is 2. The second kappa shape index (κ2) is 8.67. The summed E-state index contributed by atoms with van der Waals surface area (Å²) in [6.07, 6.45) is 0. The average Bonchev–Trinajstić information content (AvgIpc) is 2.70. The lowest BCUT2D eigenvalue weighted by molar-refractivity contribution is 0.101. The lowest BCUT2D eigenvalue weighted by Gasteiger charge is -2.09. The fourth-order valence-electron chi connectivity index (χ4n) is 2.45. The predicted molar refractivity (Wildman–Crippen MR) is 109 cm³/mol. The number of hydrogen-bond acceptors (Lipinski definition) is 3. The summed E-state index contributed by atoms with van der Waals surface area (Å²) in [6.45, 7) is 0. The molecule has 2 amide bonds. The van der Waals surface area contributed by atoms with Crippen molar-refractivity contribution in [2.75, 3.05) is 17.7 Å². The molecule has 142 valence electrons. The molecule has 5 nitrogen and oxygen atoms in total. The lowest BCUT2D eigenvalue weighted by Crippen LogP contribution is -2.15. The molecule has 0 unspecified atom stereocenters. The first-order valence-electron chi connectivity index (χ1n) is 8.28. The van der Waals surface area contributed by atoms with Crippen molar-refractivity contribution >= 4 is 39.1 Å². The number of benzene rings is 3. The van der Waals surface area contributed by atoms with Crippen LogP contribution in [-0.2, 0) is 0 Å². The SMILES string of the molecule is COc1ccc(NC(=O)c2ccc(NC(=O)c3cc(Br)ccc3F)cc2)cc1. The zero-order valence-electron chi connectivity index (χ0n) is 14.8. The third-order valence-corrected chi connectivity index (χ3v) is 4.42. The molecule has 0 radical (unpaired) electrons. The molecular formula is C21H16BrFN2O3. The number of hydrogen-bond donors (Lipinski definition) is 2. The van der Waals surface area contributed by atoms with Gasteiger partial charge < -0.3 is 15.4 Å². The topological polar surface area (TPSA) is 67.4 Å². The number of methoxy groups -OCH3 is 1. The Balaban J connectivity index is 1.66. The molecule has 0 saturated carbocycles. The van der Waals surface area contributed by atoms with Crippen LogP contribution in [0.1, 0.15) is 20.7 Å². The summed E-state index contributed by atoms with van der Waals surface area (Å²) >= 11 is 3.21. The minimum absolute atomic E-state index is 0.0734. The highest BCUT2D eigenvalue weighted by Gasteiger charge is 2.13. The summed E-state index contributed by atoms with van der Waals surface area (Å²) in [5, 5.41) is 5.38. The van der Waals surface area contributed by atoms with Crippen molar-refractivity contribution < 1.29 is 18.7 Å². The van der Waals surface area contributed by atoms with E-state index >= 15 is 0 Å².